The lowest BCUT2D eigenvalue weighted by Crippen LogP contribution is -2.55. The number of ether oxygens (including phenoxy) is 1. The zero-order valence-electron chi connectivity index (χ0n) is 13.2. The zero-order valence-corrected chi connectivity index (χ0v) is 13.2. The Morgan fingerprint density at radius 1 is 1.52 bits per heavy atom. The van der Waals surface area contributed by atoms with E-state index in [9.17, 15) is 9.18 Å². The Hall–Kier alpha value is -1.62. The Labute approximate surface area is 125 Å². The van der Waals surface area contributed by atoms with Crippen molar-refractivity contribution >= 4 is 5.91 Å². The molecule has 2 atom stereocenters. The van der Waals surface area contributed by atoms with Crippen LogP contribution in [0.4, 0.5) is 4.39 Å². The fourth-order valence-corrected chi connectivity index (χ4v) is 2.16. The van der Waals surface area contributed by atoms with Crippen molar-refractivity contribution in [2.24, 2.45) is 5.73 Å². The molecule has 118 valence electrons. The fourth-order valence-electron chi connectivity index (χ4n) is 2.16. The predicted octanol–water partition coefficient (Wildman–Crippen LogP) is 2.54. The Bertz CT molecular complexity index is 493. The number of nitrogens with two attached hydrogens (primary N) is 1. The van der Waals surface area contributed by atoms with Crippen LogP contribution in [0.1, 0.15) is 39.2 Å². The minimum absolute atomic E-state index is 0.269. The average Bonchev–Trinajstić information content (AvgIpc) is 2.40. The number of benzene rings is 1. The number of rotatable bonds is 8. The van der Waals surface area contributed by atoms with Gasteiger partial charge in [-0.25, -0.2) is 4.39 Å². The number of carbonyl (C=O) groups excluding carboxylic acids is 1. The summed E-state index contributed by atoms with van der Waals surface area (Å²) < 4.78 is 19.2. The topological polar surface area (TPSA) is 64.3 Å². The molecule has 0 aromatic heterocycles. The molecular formula is C16H25FN2O2. The number of amides is 1. The van der Waals surface area contributed by atoms with Crippen LogP contribution in [0.3, 0.4) is 0 Å². The van der Waals surface area contributed by atoms with Crippen molar-refractivity contribution in [2.45, 2.75) is 52.2 Å². The average molecular weight is 296 g/mol. The van der Waals surface area contributed by atoms with E-state index in [0.29, 0.717) is 24.3 Å². The molecule has 2 unspecified atom stereocenters. The van der Waals surface area contributed by atoms with Crippen LogP contribution >= 0.6 is 0 Å². The van der Waals surface area contributed by atoms with Gasteiger partial charge in [-0.15, -0.1) is 0 Å². The van der Waals surface area contributed by atoms with E-state index in [4.69, 9.17) is 10.5 Å². The Morgan fingerprint density at radius 3 is 2.71 bits per heavy atom. The van der Waals surface area contributed by atoms with E-state index in [2.05, 4.69) is 5.32 Å². The normalized spacial score (nSPS) is 15.3. The molecule has 0 heterocycles. The molecule has 0 radical (unpaired) electrons. The second-order valence-corrected chi connectivity index (χ2v) is 5.67. The van der Waals surface area contributed by atoms with Gasteiger partial charge in [-0.2, -0.15) is 0 Å². The van der Waals surface area contributed by atoms with E-state index < -0.39 is 11.4 Å². The number of hydrogen-bond acceptors (Lipinski definition) is 3. The van der Waals surface area contributed by atoms with Gasteiger partial charge in [0.2, 0.25) is 5.91 Å². The minimum atomic E-state index is -0.835. The zero-order chi connectivity index (χ0) is 16.0. The molecule has 1 rings (SSSR count). The van der Waals surface area contributed by atoms with Crippen molar-refractivity contribution in [3.05, 3.63) is 29.6 Å². The van der Waals surface area contributed by atoms with Crippen LogP contribution in [0, 0.1) is 12.7 Å². The van der Waals surface area contributed by atoms with E-state index in [1.54, 1.807) is 26.0 Å². The van der Waals surface area contributed by atoms with Gasteiger partial charge < -0.3 is 15.8 Å². The van der Waals surface area contributed by atoms with Gasteiger partial charge in [-0.1, -0.05) is 13.0 Å². The summed E-state index contributed by atoms with van der Waals surface area (Å²) in [5.41, 5.74) is 5.22. The molecule has 0 bridgehead atoms. The van der Waals surface area contributed by atoms with Crippen molar-refractivity contribution in [2.75, 3.05) is 6.54 Å². The van der Waals surface area contributed by atoms with Crippen LogP contribution in [0.5, 0.6) is 5.75 Å². The smallest absolute Gasteiger partial charge is 0.237 e. The van der Waals surface area contributed by atoms with Crippen LogP contribution in [-0.4, -0.2) is 24.1 Å². The molecule has 0 aliphatic rings. The highest BCUT2D eigenvalue weighted by Crippen LogP contribution is 2.21. The molecule has 0 saturated heterocycles. The molecule has 0 saturated carbocycles. The summed E-state index contributed by atoms with van der Waals surface area (Å²) in [6, 6.07) is 4.74. The highest BCUT2D eigenvalue weighted by atomic mass is 19.1. The standard InChI is InChI=1S/C16H25FN2O2/c1-5-8-19-16(4,15(18)20)10-12(3)21-13-7-6-11(2)14(17)9-13/h6-7,9,12,19H,5,8,10H2,1-4H3,(H2,18,20). The molecular weight excluding hydrogens is 271 g/mol. The first-order valence-corrected chi connectivity index (χ1v) is 7.26. The number of carbonyl (C=O) groups is 1. The maximum Gasteiger partial charge on any atom is 0.237 e. The first kappa shape index (κ1) is 17.4. The van der Waals surface area contributed by atoms with Crippen molar-refractivity contribution in [1.29, 1.82) is 0 Å². The number of hydrogen-bond donors (Lipinski definition) is 2. The van der Waals surface area contributed by atoms with E-state index in [1.807, 2.05) is 13.8 Å². The first-order valence-electron chi connectivity index (χ1n) is 7.26. The van der Waals surface area contributed by atoms with Crippen LogP contribution in [0.15, 0.2) is 18.2 Å². The molecule has 1 amide bonds. The molecule has 21 heavy (non-hydrogen) atoms. The minimum Gasteiger partial charge on any atom is -0.491 e. The largest absolute Gasteiger partial charge is 0.491 e. The molecule has 3 N–H and O–H groups in total. The lowest BCUT2D eigenvalue weighted by Gasteiger charge is -2.30. The molecule has 0 fully saturated rings. The van der Waals surface area contributed by atoms with Gasteiger partial charge in [-0.3, -0.25) is 4.79 Å². The third-order valence-corrected chi connectivity index (χ3v) is 3.49. The summed E-state index contributed by atoms with van der Waals surface area (Å²) in [6.07, 6.45) is 1.05. The summed E-state index contributed by atoms with van der Waals surface area (Å²) in [6.45, 7) is 8.02. The molecule has 5 heteroatoms. The van der Waals surface area contributed by atoms with Crippen molar-refractivity contribution in [1.82, 2.24) is 5.32 Å². The lowest BCUT2D eigenvalue weighted by atomic mass is 9.93. The highest BCUT2D eigenvalue weighted by Gasteiger charge is 2.32. The fraction of sp³-hybridized carbons (Fsp3) is 0.562. The van der Waals surface area contributed by atoms with Gasteiger partial charge in [0.1, 0.15) is 11.6 Å². The summed E-state index contributed by atoms with van der Waals surface area (Å²) >= 11 is 0. The van der Waals surface area contributed by atoms with Gasteiger partial charge in [0.05, 0.1) is 11.6 Å². The highest BCUT2D eigenvalue weighted by molar-refractivity contribution is 5.84. The summed E-state index contributed by atoms with van der Waals surface area (Å²) in [5, 5.41) is 3.15. The maximum absolute atomic E-state index is 13.5. The summed E-state index contributed by atoms with van der Waals surface area (Å²) in [5.74, 6) is -0.268. The van der Waals surface area contributed by atoms with E-state index >= 15 is 0 Å². The van der Waals surface area contributed by atoms with Gasteiger partial charge in [-0.05, 0) is 45.4 Å². The molecule has 0 aliphatic carbocycles. The maximum atomic E-state index is 13.5. The third kappa shape index (κ3) is 5.01. The number of primary amides is 1. The Morgan fingerprint density at radius 2 is 2.19 bits per heavy atom. The molecule has 4 nitrogen and oxygen atoms in total. The van der Waals surface area contributed by atoms with Gasteiger partial charge >= 0.3 is 0 Å². The molecule has 1 aromatic rings. The SMILES string of the molecule is CCCNC(C)(CC(C)Oc1ccc(C)c(F)c1)C(N)=O. The van der Waals surface area contributed by atoms with Crippen LogP contribution < -0.4 is 15.8 Å². The van der Waals surface area contributed by atoms with Crippen LogP contribution in [0.2, 0.25) is 0 Å². The summed E-state index contributed by atoms with van der Waals surface area (Å²) in [4.78, 5) is 11.7. The predicted molar refractivity (Wildman–Crippen MR) is 81.7 cm³/mol. The second-order valence-electron chi connectivity index (χ2n) is 5.67. The van der Waals surface area contributed by atoms with Gasteiger partial charge in [0.15, 0.2) is 0 Å². The van der Waals surface area contributed by atoms with Gasteiger partial charge in [0.25, 0.3) is 0 Å². The van der Waals surface area contributed by atoms with Gasteiger partial charge in [0, 0.05) is 12.5 Å². The Balaban J connectivity index is 2.71. The number of halogens is 1. The molecule has 1 aromatic carbocycles. The lowest BCUT2D eigenvalue weighted by molar-refractivity contribution is -0.124. The summed E-state index contributed by atoms with van der Waals surface area (Å²) in [7, 11) is 0. The first-order chi connectivity index (χ1) is 9.78. The van der Waals surface area contributed by atoms with Crippen molar-refractivity contribution in [3.8, 4) is 5.75 Å². The third-order valence-electron chi connectivity index (χ3n) is 3.49. The van der Waals surface area contributed by atoms with Crippen molar-refractivity contribution in [3.63, 3.8) is 0 Å². The molecule has 0 spiro atoms. The van der Waals surface area contributed by atoms with E-state index in [-0.39, 0.29) is 11.9 Å². The number of nitrogens with one attached hydrogen (secondary N) is 1. The number of aryl methyl sites for hydroxylation is 1. The molecule has 0 aliphatic heterocycles. The Kier molecular flexibility index (Phi) is 6.15. The van der Waals surface area contributed by atoms with Crippen molar-refractivity contribution < 1.29 is 13.9 Å². The van der Waals surface area contributed by atoms with E-state index in [1.165, 1.54) is 6.07 Å². The monoisotopic (exact) mass is 296 g/mol. The van der Waals surface area contributed by atoms with E-state index in [0.717, 1.165) is 6.42 Å². The second kappa shape index (κ2) is 7.41. The van der Waals surface area contributed by atoms with Crippen LogP contribution in [0.25, 0.3) is 0 Å². The van der Waals surface area contributed by atoms with Crippen LogP contribution in [-0.2, 0) is 4.79 Å². The quantitative estimate of drug-likeness (QED) is 0.775.